The van der Waals surface area contributed by atoms with Crippen molar-refractivity contribution in [3.8, 4) is 0 Å². The molecular formula is C8H8N2O2S. The molecule has 13 heavy (non-hydrogen) atoms. The first kappa shape index (κ1) is 8.37. The lowest BCUT2D eigenvalue weighted by Crippen LogP contribution is -2.37. The van der Waals surface area contributed by atoms with Crippen molar-refractivity contribution >= 4 is 23.2 Å². The number of carbonyl (C=O) groups excluding carboxylic acids is 2. The second-order valence-electron chi connectivity index (χ2n) is 3.06. The molecule has 1 aromatic heterocycles. The number of nitrogens with zero attached hydrogens (tertiary/aromatic N) is 2. The van der Waals surface area contributed by atoms with Gasteiger partial charge in [-0.15, -0.1) is 0 Å². The Hall–Kier alpha value is -1.23. The topological polar surface area (TPSA) is 50.3 Å². The van der Waals surface area contributed by atoms with Gasteiger partial charge in [-0.1, -0.05) is 0 Å². The van der Waals surface area contributed by atoms with Gasteiger partial charge in [0.25, 0.3) is 5.91 Å². The Kier molecular flexibility index (Phi) is 1.69. The Bertz CT molecular complexity index is 397. The van der Waals surface area contributed by atoms with Gasteiger partial charge in [0.05, 0.1) is 17.8 Å². The molecule has 0 bridgehead atoms. The van der Waals surface area contributed by atoms with Crippen LogP contribution in [0.25, 0.3) is 0 Å². The van der Waals surface area contributed by atoms with Crippen LogP contribution in [-0.2, 0) is 0 Å². The predicted molar refractivity (Wildman–Crippen MR) is 48.1 cm³/mol. The van der Waals surface area contributed by atoms with Crippen LogP contribution in [0.4, 0.5) is 0 Å². The number of Topliss-reactive ketones (excluding diaryl/α,β-unsaturated/α-hetero) is 1. The highest BCUT2D eigenvalue weighted by Gasteiger charge is 2.31. The summed E-state index contributed by atoms with van der Waals surface area (Å²) in [5, 5.41) is 0. The number of rotatable bonds is 0. The lowest BCUT2D eigenvalue weighted by atomic mass is 10.1. The first-order chi connectivity index (χ1) is 6.11. The van der Waals surface area contributed by atoms with Crippen LogP contribution in [-0.4, -0.2) is 34.6 Å². The number of aryl methyl sites for hydroxylation is 1. The third kappa shape index (κ3) is 1.07. The largest absolute Gasteiger partial charge is 0.333 e. The van der Waals surface area contributed by atoms with Gasteiger partial charge >= 0.3 is 0 Å². The Morgan fingerprint density at radius 2 is 2.15 bits per heavy atom. The maximum absolute atomic E-state index is 11.5. The van der Waals surface area contributed by atoms with Crippen LogP contribution in [0.1, 0.15) is 25.7 Å². The average Bonchev–Trinajstić information content (AvgIpc) is 2.44. The van der Waals surface area contributed by atoms with Crippen LogP contribution in [0.2, 0.25) is 0 Å². The molecule has 0 aromatic carbocycles. The zero-order chi connectivity index (χ0) is 9.59. The quantitative estimate of drug-likeness (QED) is 0.614. The molecular weight excluding hydrogens is 188 g/mol. The highest BCUT2D eigenvalue weighted by Crippen LogP contribution is 2.24. The summed E-state index contributed by atoms with van der Waals surface area (Å²) in [4.78, 5) is 24.9. The standard InChI is InChI=1S/C8H8N2O2S/c1-4-6-5(11)3-10(2)8(12)7(6)13-9-4/h3H2,1-2H3. The smallest absolute Gasteiger partial charge is 0.266 e. The van der Waals surface area contributed by atoms with E-state index >= 15 is 0 Å². The summed E-state index contributed by atoms with van der Waals surface area (Å²) in [5.74, 6) is -0.108. The monoisotopic (exact) mass is 196 g/mol. The Labute approximate surface area is 79.3 Å². The first-order valence-corrected chi connectivity index (χ1v) is 4.63. The molecule has 1 aliphatic rings. The van der Waals surface area contributed by atoms with Crippen LogP contribution < -0.4 is 0 Å². The zero-order valence-electron chi connectivity index (χ0n) is 7.33. The molecule has 0 fully saturated rings. The SMILES string of the molecule is Cc1nsc2c1C(=O)CN(C)C2=O. The summed E-state index contributed by atoms with van der Waals surface area (Å²) >= 11 is 1.11. The molecule has 4 nitrogen and oxygen atoms in total. The van der Waals surface area contributed by atoms with Gasteiger partial charge in [0.2, 0.25) is 0 Å². The molecule has 1 aliphatic heterocycles. The van der Waals surface area contributed by atoms with Gasteiger partial charge in [0, 0.05) is 7.05 Å². The van der Waals surface area contributed by atoms with E-state index in [1.165, 1.54) is 4.90 Å². The van der Waals surface area contributed by atoms with Crippen molar-refractivity contribution in [3.05, 3.63) is 16.1 Å². The molecule has 0 spiro atoms. The summed E-state index contributed by atoms with van der Waals surface area (Å²) in [6.45, 7) is 1.93. The molecule has 5 heteroatoms. The van der Waals surface area contributed by atoms with E-state index in [-0.39, 0.29) is 18.2 Å². The van der Waals surface area contributed by atoms with Crippen LogP contribution in [0.3, 0.4) is 0 Å². The van der Waals surface area contributed by atoms with Crippen LogP contribution in [0.15, 0.2) is 0 Å². The molecule has 1 amide bonds. The third-order valence-electron chi connectivity index (χ3n) is 2.06. The predicted octanol–water partition coefficient (Wildman–Crippen LogP) is 0.720. The van der Waals surface area contributed by atoms with Gasteiger partial charge in [-0.3, -0.25) is 9.59 Å². The fraction of sp³-hybridized carbons (Fsp3) is 0.375. The number of amides is 1. The lowest BCUT2D eigenvalue weighted by Gasteiger charge is -2.20. The van der Waals surface area contributed by atoms with Gasteiger partial charge in [0.1, 0.15) is 4.88 Å². The minimum atomic E-state index is -0.0970. The van der Waals surface area contributed by atoms with E-state index in [2.05, 4.69) is 4.37 Å². The Balaban J connectivity index is 2.62. The van der Waals surface area contributed by atoms with Crippen LogP contribution in [0, 0.1) is 6.92 Å². The lowest BCUT2D eigenvalue weighted by molar-refractivity contribution is 0.0724. The second kappa shape index (κ2) is 2.63. The molecule has 68 valence electrons. The van der Waals surface area contributed by atoms with E-state index in [0.717, 1.165) is 11.5 Å². The molecule has 0 saturated heterocycles. The molecule has 0 N–H and O–H groups in total. The summed E-state index contributed by atoms with van der Waals surface area (Å²) in [7, 11) is 1.62. The fourth-order valence-corrected chi connectivity index (χ4v) is 2.29. The normalized spacial score (nSPS) is 16.3. The number of hydrogen-bond acceptors (Lipinski definition) is 4. The molecule has 0 unspecified atom stereocenters. The van der Waals surface area contributed by atoms with Crippen molar-refractivity contribution in [2.75, 3.05) is 13.6 Å². The molecule has 0 atom stereocenters. The average molecular weight is 196 g/mol. The number of carbonyl (C=O) groups is 2. The highest BCUT2D eigenvalue weighted by atomic mass is 32.1. The summed E-state index contributed by atoms with van der Waals surface area (Å²) in [6.07, 6.45) is 0. The van der Waals surface area contributed by atoms with Crippen molar-refractivity contribution in [1.82, 2.24) is 9.27 Å². The molecule has 0 radical (unpaired) electrons. The molecule has 0 saturated carbocycles. The molecule has 2 rings (SSSR count). The van der Waals surface area contributed by atoms with Crippen molar-refractivity contribution in [2.24, 2.45) is 0 Å². The van der Waals surface area contributed by atoms with Crippen LogP contribution >= 0.6 is 11.5 Å². The van der Waals surface area contributed by atoms with Gasteiger partial charge in [-0.25, -0.2) is 0 Å². The zero-order valence-corrected chi connectivity index (χ0v) is 8.14. The van der Waals surface area contributed by atoms with Crippen molar-refractivity contribution < 1.29 is 9.59 Å². The highest BCUT2D eigenvalue weighted by molar-refractivity contribution is 7.08. The van der Waals surface area contributed by atoms with E-state index in [1.807, 2.05) is 0 Å². The minimum Gasteiger partial charge on any atom is -0.333 e. The Morgan fingerprint density at radius 3 is 2.85 bits per heavy atom. The number of likely N-dealkylation sites (N-methyl/N-ethyl adjacent to an activating group) is 1. The van der Waals surface area contributed by atoms with E-state index in [4.69, 9.17) is 0 Å². The maximum atomic E-state index is 11.5. The number of aromatic nitrogens is 1. The van der Waals surface area contributed by atoms with E-state index in [0.29, 0.717) is 16.1 Å². The van der Waals surface area contributed by atoms with E-state index in [1.54, 1.807) is 14.0 Å². The second-order valence-corrected chi connectivity index (χ2v) is 3.83. The van der Waals surface area contributed by atoms with Gasteiger partial charge in [-0.2, -0.15) is 4.37 Å². The van der Waals surface area contributed by atoms with Gasteiger partial charge in [-0.05, 0) is 18.5 Å². The summed E-state index contributed by atoms with van der Waals surface area (Å²) < 4.78 is 4.01. The number of hydrogen-bond donors (Lipinski definition) is 0. The molecule has 1 aromatic rings. The maximum Gasteiger partial charge on any atom is 0.266 e. The third-order valence-corrected chi connectivity index (χ3v) is 2.99. The Morgan fingerprint density at radius 1 is 1.46 bits per heavy atom. The van der Waals surface area contributed by atoms with Gasteiger partial charge < -0.3 is 4.90 Å². The van der Waals surface area contributed by atoms with E-state index < -0.39 is 0 Å². The minimum absolute atomic E-state index is 0.0108. The molecule has 0 aliphatic carbocycles. The van der Waals surface area contributed by atoms with Crippen molar-refractivity contribution in [3.63, 3.8) is 0 Å². The number of fused-ring (bicyclic) bond motifs is 1. The van der Waals surface area contributed by atoms with Crippen LogP contribution in [0.5, 0.6) is 0 Å². The van der Waals surface area contributed by atoms with Crippen molar-refractivity contribution in [1.29, 1.82) is 0 Å². The molecule has 2 heterocycles. The van der Waals surface area contributed by atoms with Gasteiger partial charge in [0.15, 0.2) is 5.78 Å². The van der Waals surface area contributed by atoms with E-state index in [9.17, 15) is 9.59 Å². The summed E-state index contributed by atoms with van der Waals surface area (Å²) in [6, 6.07) is 0. The summed E-state index contributed by atoms with van der Waals surface area (Å²) in [5.41, 5.74) is 1.19. The van der Waals surface area contributed by atoms with Crippen molar-refractivity contribution in [2.45, 2.75) is 6.92 Å². The first-order valence-electron chi connectivity index (χ1n) is 3.86. The number of ketones is 1. The fourth-order valence-electron chi connectivity index (χ4n) is 1.38.